The Hall–Kier alpha value is -2.10. The number of rotatable bonds is 7. The largest absolute Gasteiger partial charge is 0.458 e. The van der Waals surface area contributed by atoms with Crippen LogP contribution in [-0.4, -0.2) is 66.8 Å². The highest BCUT2D eigenvalue weighted by Gasteiger charge is 2.78. The molecule has 0 aromatic rings. The van der Waals surface area contributed by atoms with Crippen molar-refractivity contribution >= 4 is 28.0 Å². The zero-order chi connectivity index (χ0) is 29.6. The lowest BCUT2D eigenvalue weighted by Gasteiger charge is -2.39. The lowest BCUT2D eigenvalue weighted by molar-refractivity contribution is -0.362. The normalized spacial score (nSPS) is 38.9. The zero-order valence-electron chi connectivity index (χ0n) is 21.2. The molecular formula is C24H28F6O9S. The van der Waals surface area contributed by atoms with Gasteiger partial charge in [0, 0.05) is 11.8 Å². The first-order chi connectivity index (χ1) is 18.3. The van der Waals surface area contributed by atoms with Crippen LogP contribution in [0.5, 0.6) is 0 Å². The molecule has 5 fully saturated rings. The van der Waals surface area contributed by atoms with Crippen molar-refractivity contribution < 1.29 is 67.9 Å². The lowest BCUT2D eigenvalue weighted by atomic mass is 9.70. The van der Waals surface area contributed by atoms with Gasteiger partial charge in [-0.1, -0.05) is 13.3 Å². The Kier molecular flexibility index (Phi) is 6.76. The molecule has 1 N–H and O–H groups in total. The van der Waals surface area contributed by atoms with E-state index < -0.39 is 93.0 Å². The van der Waals surface area contributed by atoms with E-state index in [1.54, 1.807) is 0 Å². The summed E-state index contributed by atoms with van der Waals surface area (Å²) in [6.07, 6.45) is -11.0. The van der Waals surface area contributed by atoms with Gasteiger partial charge in [0.05, 0.1) is 17.3 Å². The van der Waals surface area contributed by atoms with Crippen molar-refractivity contribution in [1.29, 1.82) is 0 Å². The number of alkyl halides is 6. The molecule has 40 heavy (non-hydrogen) atoms. The Morgan fingerprint density at radius 1 is 1.07 bits per heavy atom. The smallest absolute Gasteiger partial charge is 0.438 e. The van der Waals surface area contributed by atoms with Crippen LogP contribution in [0.25, 0.3) is 0 Å². The Morgan fingerprint density at radius 3 is 2.30 bits per heavy atom. The highest BCUT2D eigenvalue weighted by Crippen LogP contribution is 2.61. The van der Waals surface area contributed by atoms with E-state index in [0.29, 0.717) is 25.2 Å². The summed E-state index contributed by atoms with van der Waals surface area (Å²) in [6, 6.07) is 0. The van der Waals surface area contributed by atoms with Crippen molar-refractivity contribution in [3.8, 4) is 0 Å². The van der Waals surface area contributed by atoms with Crippen LogP contribution in [0, 0.1) is 40.9 Å². The molecule has 0 aromatic carbocycles. The van der Waals surface area contributed by atoms with E-state index in [-0.39, 0.29) is 12.3 Å². The molecule has 4 aliphatic carbocycles. The van der Waals surface area contributed by atoms with Gasteiger partial charge in [-0.3, -0.25) is 18.9 Å². The molecule has 1 heterocycles. The molecule has 0 amide bonds. The lowest BCUT2D eigenvalue weighted by Crippen LogP contribution is -2.64. The van der Waals surface area contributed by atoms with E-state index in [4.69, 9.17) is 14.0 Å². The SMILES string of the molecule is CCC1CC2CCC(C(=O)OC3C4CC5C3OC(=O)C5C4C(=O)OC(CS(=O)(=O)O)(C(F)(F)F)C(F)(F)F)(C1)C2. The first-order valence-corrected chi connectivity index (χ1v) is 14.7. The number of carbonyl (C=O) groups excluding carboxylic acids is 3. The second-order valence-corrected chi connectivity index (χ2v) is 13.4. The fourth-order valence-electron chi connectivity index (χ4n) is 7.99. The van der Waals surface area contributed by atoms with E-state index >= 15 is 0 Å². The minimum atomic E-state index is -6.51. The van der Waals surface area contributed by atoms with Gasteiger partial charge in [0.25, 0.3) is 10.1 Å². The van der Waals surface area contributed by atoms with Crippen LogP contribution in [-0.2, 0) is 38.7 Å². The zero-order valence-corrected chi connectivity index (χ0v) is 22.0. The Balaban J connectivity index is 1.43. The molecule has 4 bridgehead atoms. The predicted octanol–water partition coefficient (Wildman–Crippen LogP) is 3.61. The number of esters is 3. The maximum Gasteiger partial charge on any atom is 0.438 e. The third kappa shape index (κ3) is 4.47. The van der Waals surface area contributed by atoms with Crippen LogP contribution >= 0.6 is 0 Å². The van der Waals surface area contributed by atoms with Crippen molar-refractivity contribution in [3.63, 3.8) is 0 Å². The van der Waals surface area contributed by atoms with Gasteiger partial charge in [-0.05, 0) is 50.4 Å². The number of halogens is 6. The molecule has 5 aliphatic rings. The molecule has 226 valence electrons. The summed E-state index contributed by atoms with van der Waals surface area (Å²) < 4.78 is 129. The summed E-state index contributed by atoms with van der Waals surface area (Å²) in [5.74, 6) is -11.6. The molecule has 5 rings (SSSR count). The Morgan fingerprint density at radius 2 is 1.73 bits per heavy atom. The predicted molar refractivity (Wildman–Crippen MR) is 118 cm³/mol. The summed E-state index contributed by atoms with van der Waals surface area (Å²) >= 11 is 0. The Bertz CT molecular complexity index is 1190. The quantitative estimate of drug-likeness (QED) is 0.200. The minimum absolute atomic E-state index is 0.0602. The molecular weight excluding hydrogens is 578 g/mol. The third-order valence-electron chi connectivity index (χ3n) is 9.70. The molecule has 9 unspecified atom stereocenters. The first-order valence-electron chi connectivity index (χ1n) is 13.1. The van der Waals surface area contributed by atoms with Gasteiger partial charge in [0.1, 0.15) is 18.0 Å². The van der Waals surface area contributed by atoms with Gasteiger partial charge < -0.3 is 14.2 Å². The fraction of sp³-hybridized carbons (Fsp3) is 0.875. The molecule has 0 aromatic heterocycles. The Labute approximate surface area is 225 Å². The van der Waals surface area contributed by atoms with Crippen LogP contribution < -0.4 is 0 Å². The average Bonchev–Trinajstić information content (AvgIpc) is 3.51. The number of hydrogen-bond donors (Lipinski definition) is 1. The van der Waals surface area contributed by atoms with Gasteiger partial charge >= 0.3 is 35.9 Å². The van der Waals surface area contributed by atoms with Crippen LogP contribution in [0.4, 0.5) is 26.3 Å². The van der Waals surface area contributed by atoms with Crippen molar-refractivity contribution in [3.05, 3.63) is 0 Å². The number of fused-ring (bicyclic) bond motifs is 3. The molecule has 9 nitrogen and oxygen atoms in total. The second kappa shape index (κ2) is 9.20. The topological polar surface area (TPSA) is 133 Å². The summed E-state index contributed by atoms with van der Waals surface area (Å²) in [5.41, 5.74) is -6.41. The molecule has 9 atom stereocenters. The third-order valence-corrected chi connectivity index (χ3v) is 10.5. The van der Waals surface area contributed by atoms with Gasteiger partial charge in [0.2, 0.25) is 0 Å². The van der Waals surface area contributed by atoms with Crippen molar-refractivity contribution in [2.24, 2.45) is 40.9 Å². The number of hydrogen-bond acceptors (Lipinski definition) is 8. The van der Waals surface area contributed by atoms with Gasteiger partial charge in [-0.15, -0.1) is 0 Å². The molecule has 1 saturated heterocycles. The van der Waals surface area contributed by atoms with E-state index in [2.05, 4.69) is 4.74 Å². The summed E-state index contributed by atoms with van der Waals surface area (Å²) in [6.45, 7) is 2.00. The monoisotopic (exact) mass is 606 g/mol. The van der Waals surface area contributed by atoms with E-state index in [9.17, 15) is 49.1 Å². The van der Waals surface area contributed by atoms with Crippen molar-refractivity contribution in [2.45, 2.75) is 82.0 Å². The van der Waals surface area contributed by atoms with Gasteiger partial charge in [-0.2, -0.15) is 34.8 Å². The number of ether oxygens (including phenoxy) is 3. The highest BCUT2D eigenvalue weighted by atomic mass is 32.2. The molecule has 1 aliphatic heterocycles. The van der Waals surface area contributed by atoms with Gasteiger partial charge in [0.15, 0.2) is 0 Å². The molecule has 4 saturated carbocycles. The van der Waals surface area contributed by atoms with Crippen molar-refractivity contribution in [1.82, 2.24) is 0 Å². The van der Waals surface area contributed by atoms with E-state index in [1.165, 1.54) is 0 Å². The summed E-state index contributed by atoms with van der Waals surface area (Å²) in [4.78, 5) is 39.1. The second-order valence-electron chi connectivity index (χ2n) is 12.0. The maximum atomic E-state index is 13.8. The fourth-order valence-corrected chi connectivity index (χ4v) is 8.89. The van der Waals surface area contributed by atoms with Crippen LogP contribution in [0.15, 0.2) is 0 Å². The van der Waals surface area contributed by atoms with E-state index in [0.717, 1.165) is 19.3 Å². The van der Waals surface area contributed by atoms with Crippen LogP contribution in [0.3, 0.4) is 0 Å². The standard InChI is InChI=1S/C24H28F6O9S/c1-2-10-5-11-3-4-21(7-10,8-11)20(33)38-17-13-6-12-14(18(31)37-16(12)17)15(13)19(32)39-22(23(25,26)27,24(28,29)30)9-40(34,35)36/h10-17H,2-9H2,1H3,(H,34,35,36). The van der Waals surface area contributed by atoms with Gasteiger partial charge in [-0.25, -0.2) is 0 Å². The van der Waals surface area contributed by atoms with Crippen LogP contribution in [0.2, 0.25) is 0 Å². The summed E-state index contributed by atoms with van der Waals surface area (Å²) in [7, 11) is -5.98. The molecule has 0 spiro atoms. The first kappa shape index (κ1) is 29.4. The molecule has 16 heteroatoms. The number of carbonyl (C=O) groups is 3. The van der Waals surface area contributed by atoms with Crippen LogP contribution in [0.1, 0.15) is 51.9 Å². The van der Waals surface area contributed by atoms with Crippen molar-refractivity contribution in [2.75, 3.05) is 5.75 Å². The summed E-state index contributed by atoms with van der Waals surface area (Å²) in [5, 5.41) is 0. The average molecular weight is 607 g/mol. The van der Waals surface area contributed by atoms with E-state index in [1.807, 2.05) is 6.92 Å². The maximum absolute atomic E-state index is 13.8. The minimum Gasteiger partial charge on any atom is -0.458 e. The molecule has 0 radical (unpaired) electrons. The highest BCUT2D eigenvalue weighted by molar-refractivity contribution is 7.85.